The molecule has 0 rings (SSSR count). The summed E-state index contributed by atoms with van der Waals surface area (Å²) >= 11 is 3.82. The fourth-order valence-electron chi connectivity index (χ4n) is 0.209. The van der Waals surface area contributed by atoms with E-state index < -0.39 is 0 Å². The number of thiol groups is 1. The molecule has 0 unspecified atom stereocenters. The van der Waals surface area contributed by atoms with Crippen molar-refractivity contribution in [1.82, 2.24) is 0 Å². The predicted octanol–water partition coefficient (Wildman–Crippen LogP) is -0.704. The monoisotopic (exact) mass is 148 g/mol. The molecule has 2 nitrogen and oxygen atoms in total. The molecular formula is C4H8O2SSi. The van der Waals surface area contributed by atoms with Crippen LogP contribution < -0.4 is 0 Å². The summed E-state index contributed by atoms with van der Waals surface area (Å²) in [6, 6.07) is 0. The van der Waals surface area contributed by atoms with Crippen molar-refractivity contribution >= 4 is 29.1 Å². The summed E-state index contributed by atoms with van der Waals surface area (Å²) in [6.45, 7) is 3.42. The van der Waals surface area contributed by atoms with Gasteiger partial charge in [-0.25, -0.2) is 4.79 Å². The molecule has 0 bridgehead atoms. The predicted molar refractivity (Wildman–Crippen MR) is 39.0 cm³/mol. The van der Waals surface area contributed by atoms with Gasteiger partial charge >= 0.3 is 5.97 Å². The molecule has 0 radical (unpaired) electrons. The van der Waals surface area contributed by atoms with Crippen LogP contribution in [0.15, 0.2) is 12.2 Å². The Labute approximate surface area is 56.9 Å². The van der Waals surface area contributed by atoms with Crippen LogP contribution in [0.4, 0.5) is 0 Å². The van der Waals surface area contributed by atoms with Gasteiger partial charge < -0.3 is 4.43 Å². The Balaban J connectivity index is 3.64. The highest BCUT2D eigenvalue weighted by atomic mass is 32.1. The van der Waals surface area contributed by atoms with E-state index in [2.05, 4.69) is 23.6 Å². The van der Waals surface area contributed by atoms with Gasteiger partial charge in [0.25, 0.3) is 0 Å². The molecule has 0 aromatic carbocycles. The lowest BCUT2D eigenvalue weighted by atomic mass is 10.4. The lowest BCUT2D eigenvalue weighted by molar-refractivity contribution is -0.129. The Morgan fingerprint density at radius 2 is 2.38 bits per heavy atom. The zero-order valence-electron chi connectivity index (χ0n) is 4.68. The molecule has 4 heteroatoms. The van der Waals surface area contributed by atoms with Crippen LogP contribution in [-0.4, -0.2) is 22.2 Å². The summed E-state index contributed by atoms with van der Waals surface area (Å²) in [5, 5.41) is 0. The van der Waals surface area contributed by atoms with Gasteiger partial charge in [-0.3, -0.25) is 0 Å². The first-order valence-corrected chi connectivity index (χ1v) is 3.54. The largest absolute Gasteiger partial charge is 0.525 e. The van der Waals surface area contributed by atoms with Crippen LogP contribution in [-0.2, 0) is 9.22 Å². The highest BCUT2D eigenvalue weighted by Gasteiger charge is 2.00. The summed E-state index contributed by atoms with van der Waals surface area (Å²) in [4.78, 5) is 10.4. The van der Waals surface area contributed by atoms with Crippen molar-refractivity contribution in [3.05, 3.63) is 12.2 Å². The summed E-state index contributed by atoms with van der Waals surface area (Å²) in [7, 11) is 0.431. The van der Waals surface area contributed by atoms with E-state index in [1.54, 1.807) is 0 Å². The first-order valence-electron chi connectivity index (χ1n) is 2.09. The van der Waals surface area contributed by atoms with E-state index in [4.69, 9.17) is 0 Å². The van der Waals surface area contributed by atoms with Crippen LogP contribution in [0.3, 0.4) is 0 Å². The molecule has 0 aromatic heterocycles. The third-order valence-electron chi connectivity index (χ3n) is 0.665. The average Bonchev–Trinajstić information content (AvgIpc) is 1.84. The maximum atomic E-state index is 10.4. The van der Waals surface area contributed by atoms with E-state index in [1.165, 1.54) is 0 Å². The van der Waals surface area contributed by atoms with Crippen LogP contribution in [0.1, 0.15) is 0 Å². The molecule has 8 heavy (non-hydrogen) atoms. The average molecular weight is 148 g/mol. The van der Waals surface area contributed by atoms with Gasteiger partial charge in [0.05, 0.1) is 0 Å². The minimum atomic E-state index is -0.327. The lowest BCUT2D eigenvalue weighted by Crippen LogP contribution is -2.04. The minimum Gasteiger partial charge on any atom is -0.525 e. The lowest BCUT2D eigenvalue weighted by Gasteiger charge is -1.96. The van der Waals surface area contributed by atoms with Gasteiger partial charge in [0.15, 0.2) is 0 Å². The van der Waals surface area contributed by atoms with Crippen LogP contribution >= 0.6 is 12.6 Å². The summed E-state index contributed by atoms with van der Waals surface area (Å²) in [5.41, 5.74) is 0.420. The van der Waals surface area contributed by atoms with Gasteiger partial charge in [0.1, 0.15) is 0 Å². The van der Waals surface area contributed by atoms with Crippen LogP contribution in [0.25, 0.3) is 0 Å². The SMILES string of the molecule is C=C(CS)C(=O)O[SiH3]. The van der Waals surface area contributed by atoms with Gasteiger partial charge in [0.2, 0.25) is 10.5 Å². The molecule has 0 spiro atoms. The Hall–Kier alpha value is -0.223. The number of hydrogen-bond donors (Lipinski definition) is 1. The van der Waals surface area contributed by atoms with Gasteiger partial charge in [-0.2, -0.15) is 12.6 Å². The fourth-order valence-corrected chi connectivity index (χ4v) is 0.627. The van der Waals surface area contributed by atoms with Crippen molar-refractivity contribution in [3.8, 4) is 0 Å². The molecule has 0 fully saturated rings. The van der Waals surface area contributed by atoms with Gasteiger partial charge in [-0.1, -0.05) is 6.58 Å². The molecule has 0 aliphatic carbocycles. The zero-order valence-corrected chi connectivity index (χ0v) is 7.57. The van der Waals surface area contributed by atoms with E-state index in [1.807, 2.05) is 0 Å². The fraction of sp³-hybridized carbons (Fsp3) is 0.250. The van der Waals surface area contributed by atoms with Crippen molar-refractivity contribution < 1.29 is 9.22 Å². The molecule has 0 aliphatic rings. The van der Waals surface area contributed by atoms with Gasteiger partial charge in [-0.15, -0.1) is 0 Å². The smallest absolute Gasteiger partial charge is 0.320 e. The van der Waals surface area contributed by atoms with Crippen molar-refractivity contribution in [2.45, 2.75) is 0 Å². The van der Waals surface area contributed by atoms with E-state index in [-0.39, 0.29) is 5.97 Å². The standard InChI is InChI=1S/C4H8O2SSi/c1-3(2-7)4(5)6-8/h7H,1-2H2,8H3. The first-order chi connectivity index (χ1) is 3.72. The summed E-state index contributed by atoms with van der Waals surface area (Å²) in [5.74, 6) is 0.0489. The molecule has 46 valence electrons. The Kier molecular flexibility index (Phi) is 3.64. The number of hydrogen-bond acceptors (Lipinski definition) is 3. The van der Waals surface area contributed by atoms with Crippen molar-refractivity contribution in [2.75, 3.05) is 5.75 Å². The summed E-state index contributed by atoms with van der Waals surface area (Å²) in [6.07, 6.45) is 0. The van der Waals surface area contributed by atoms with E-state index in [9.17, 15) is 4.79 Å². The van der Waals surface area contributed by atoms with Gasteiger partial charge in [0, 0.05) is 11.3 Å². The second kappa shape index (κ2) is 3.74. The molecule has 0 saturated heterocycles. The third kappa shape index (κ3) is 2.18. The van der Waals surface area contributed by atoms with Crippen molar-refractivity contribution in [1.29, 1.82) is 0 Å². The van der Waals surface area contributed by atoms with Crippen LogP contribution in [0, 0.1) is 0 Å². The maximum Gasteiger partial charge on any atom is 0.320 e. The molecule has 0 aromatic rings. The topological polar surface area (TPSA) is 26.3 Å². The summed E-state index contributed by atoms with van der Waals surface area (Å²) < 4.78 is 4.45. The Morgan fingerprint density at radius 3 is 2.50 bits per heavy atom. The Bertz CT molecular complexity index is 98.6. The molecule has 0 heterocycles. The molecule has 0 N–H and O–H groups in total. The first kappa shape index (κ1) is 7.78. The van der Waals surface area contributed by atoms with Gasteiger partial charge in [-0.05, 0) is 0 Å². The normalized spacial score (nSPS) is 8.62. The number of carbonyl (C=O) groups is 1. The molecule has 0 amide bonds. The molecule has 0 atom stereocenters. The van der Waals surface area contributed by atoms with Crippen molar-refractivity contribution in [3.63, 3.8) is 0 Å². The molecule has 0 aliphatic heterocycles. The second-order valence-corrected chi connectivity index (χ2v) is 1.98. The maximum absolute atomic E-state index is 10.4. The number of carbonyl (C=O) groups excluding carboxylic acids is 1. The quantitative estimate of drug-likeness (QED) is 0.318. The molecule has 0 saturated carbocycles. The highest BCUT2D eigenvalue weighted by Crippen LogP contribution is 1.93. The van der Waals surface area contributed by atoms with E-state index in [0.29, 0.717) is 21.8 Å². The molecular weight excluding hydrogens is 140 g/mol. The minimum absolute atomic E-state index is 0.327. The van der Waals surface area contributed by atoms with Crippen molar-refractivity contribution in [2.24, 2.45) is 0 Å². The van der Waals surface area contributed by atoms with E-state index >= 15 is 0 Å². The second-order valence-electron chi connectivity index (χ2n) is 1.25. The number of rotatable bonds is 2. The van der Waals surface area contributed by atoms with Crippen LogP contribution in [0.2, 0.25) is 0 Å². The highest BCUT2D eigenvalue weighted by molar-refractivity contribution is 7.80. The third-order valence-corrected chi connectivity index (χ3v) is 1.42. The van der Waals surface area contributed by atoms with Crippen LogP contribution in [0.5, 0.6) is 0 Å². The van der Waals surface area contributed by atoms with E-state index in [0.717, 1.165) is 0 Å². The Morgan fingerprint density at radius 1 is 1.88 bits per heavy atom. The zero-order chi connectivity index (χ0) is 6.57.